The zero-order valence-corrected chi connectivity index (χ0v) is 22.0. The van der Waals surface area contributed by atoms with Gasteiger partial charge < -0.3 is 5.32 Å². The number of anilines is 2. The zero-order valence-electron chi connectivity index (χ0n) is 19.6. The second-order valence-corrected chi connectivity index (χ2v) is 12.7. The van der Waals surface area contributed by atoms with Crippen molar-refractivity contribution in [3.63, 3.8) is 0 Å². The Balaban J connectivity index is 1.32. The molecule has 0 bridgehead atoms. The number of rotatable bonds is 8. The third kappa shape index (κ3) is 6.86. The van der Waals surface area contributed by atoms with E-state index in [1.807, 2.05) is 0 Å². The van der Waals surface area contributed by atoms with E-state index in [2.05, 4.69) is 10.0 Å². The molecule has 1 aliphatic rings. The zero-order chi connectivity index (χ0) is 26.6. The van der Waals surface area contributed by atoms with Crippen LogP contribution in [0.3, 0.4) is 0 Å². The van der Waals surface area contributed by atoms with Crippen LogP contribution < -0.4 is 10.0 Å². The van der Waals surface area contributed by atoms with Crippen molar-refractivity contribution in [3.8, 4) is 0 Å². The molecule has 37 heavy (non-hydrogen) atoms. The van der Waals surface area contributed by atoms with Crippen LogP contribution in [0.5, 0.6) is 0 Å². The van der Waals surface area contributed by atoms with Gasteiger partial charge >= 0.3 is 0 Å². The van der Waals surface area contributed by atoms with Crippen LogP contribution in [0, 0.1) is 11.7 Å². The largest absolute Gasteiger partial charge is 0.326 e. The topological polar surface area (TPSA) is 113 Å². The minimum absolute atomic E-state index is 0.0128. The molecule has 3 aromatic carbocycles. The summed E-state index contributed by atoms with van der Waals surface area (Å²) in [5.74, 6) is -1.69. The Bertz CT molecular complexity index is 1490. The van der Waals surface area contributed by atoms with Gasteiger partial charge in [0.1, 0.15) is 5.82 Å². The highest BCUT2D eigenvalue weighted by Gasteiger charge is 2.31. The third-order valence-electron chi connectivity index (χ3n) is 6.02. The van der Waals surface area contributed by atoms with E-state index in [9.17, 15) is 26.0 Å². The maximum atomic E-state index is 13.9. The van der Waals surface area contributed by atoms with Gasteiger partial charge in [-0.1, -0.05) is 35.9 Å². The number of carbonyl (C=O) groups is 1. The van der Waals surface area contributed by atoms with E-state index >= 15 is 0 Å². The Labute approximate surface area is 220 Å². The average Bonchev–Trinajstić information content (AvgIpc) is 2.85. The molecule has 0 atom stereocenters. The summed E-state index contributed by atoms with van der Waals surface area (Å²) in [6.45, 7) is 0.308. The highest BCUT2D eigenvalue weighted by Crippen LogP contribution is 2.25. The van der Waals surface area contributed by atoms with Crippen LogP contribution in [0.4, 0.5) is 15.8 Å². The summed E-state index contributed by atoms with van der Waals surface area (Å²) < 4.78 is 68.3. The van der Waals surface area contributed by atoms with Gasteiger partial charge in [-0.15, -0.1) is 0 Å². The van der Waals surface area contributed by atoms with Crippen molar-refractivity contribution < 1.29 is 26.0 Å². The lowest BCUT2D eigenvalue weighted by Crippen LogP contribution is -2.42. The van der Waals surface area contributed by atoms with E-state index in [0.29, 0.717) is 29.2 Å². The molecule has 0 radical (unpaired) electrons. The lowest BCUT2D eigenvalue weighted by Gasteiger charge is -2.30. The van der Waals surface area contributed by atoms with E-state index in [1.54, 1.807) is 24.3 Å². The maximum absolute atomic E-state index is 13.9. The fraction of sp³-hybridized carbons (Fsp3) is 0.240. The normalized spacial score (nSPS) is 15.3. The van der Waals surface area contributed by atoms with Gasteiger partial charge in [-0.2, -0.15) is 0 Å². The first-order valence-corrected chi connectivity index (χ1v) is 14.9. The molecule has 0 aliphatic carbocycles. The van der Waals surface area contributed by atoms with Crippen molar-refractivity contribution in [1.82, 2.24) is 4.31 Å². The number of nitrogens with one attached hydrogen (secondary N) is 2. The number of carbonyl (C=O) groups excluding carboxylic acids is 1. The van der Waals surface area contributed by atoms with E-state index in [1.165, 1.54) is 52.8 Å². The SMILES string of the molecule is O=C(Nc1ccc(S(=O)(=O)Nc2cccc(Cl)c2)cc1)C1CCN(S(=O)(=O)Cc2ccccc2F)CC1. The fourth-order valence-corrected chi connectivity index (χ4v) is 6.84. The van der Waals surface area contributed by atoms with Crippen LogP contribution in [0.15, 0.2) is 77.7 Å². The Kier molecular flexibility index (Phi) is 8.17. The standard InChI is InChI=1S/C25H25ClFN3O5S2/c26-20-5-3-6-22(16-20)29-37(34,35)23-10-8-21(9-11-23)28-25(31)18-12-14-30(15-13-18)36(32,33)17-19-4-1-2-7-24(19)27/h1-11,16,18,29H,12-15,17H2,(H,28,31). The minimum atomic E-state index is -3.85. The molecule has 4 rings (SSSR count). The fourth-order valence-electron chi connectivity index (χ4n) is 4.03. The van der Waals surface area contributed by atoms with Crippen LogP contribution in [0.1, 0.15) is 18.4 Å². The van der Waals surface area contributed by atoms with Crippen molar-refractivity contribution in [2.75, 3.05) is 23.1 Å². The summed E-state index contributed by atoms with van der Waals surface area (Å²) >= 11 is 5.90. The van der Waals surface area contributed by atoms with E-state index in [0.717, 1.165) is 0 Å². The third-order valence-corrected chi connectivity index (χ3v) is 9.48. The molecule has 2 N–H and O–H groups in total. The molecule has 12 heteroatoms. The predicted octanol–water partition coefficient (Wildman–Crippen LogP) is 4.46. The Morgan fingerprint density at radius 3 is 2.24 bits per heavy atom. The predicted molar refractivity (Wildman–Crippen MR) is 141 cm³/mol. The lowest BCUT2D eigenvalue weighted by molar-refractivity contribution is -0.120. The van der Waals surface area contributed by atoms with Gasteiger partial charge in [0.15, 0.2) is 0 Å². The van der Waals surface area contributed by atoms with Crippen molar-refractivity contribution in [2.45, 2.75) is 23.5 Å². The highest BCUT2D eigenvalue weighted by atomic mass is 35.5. The maximum Gasteiger partial charge on any atom is 0.261 e. The van der Waals surface area contributed by atoms with Crippen LogP contribution in [-0.2, 0) is 30.6 Å². The number of hydrogen-bond acceptors (Lipinski definition) is 5. The average molecular weight is 566 g/mol. The molecule has 1 amide bonds. The summed E-state index contributed by atoms with van der Waals surface area (Å²) in [7, 11) is -7.57. The van der Waals surface area contributed by atoms with Gasteiger partial charge in [-0.05, 0) is 61.4 Å². The quantitative estimate of drug-likeness (QED) is 0.419. The number of piperidine rings is 1. The van der Waals surface area contributed by atoms with Crippen molar-refractivity contribution in [3.05, 3.63) is 89.2 Å². The first-order valence-electron chi connectivity index (χ1n) is 11.4. The molecule has 0 unspecified atom stereocenters. The van der Waals surface area contributed by atoms with E-state index < -0.39 is 37.5 Å². The number of amides is 1. The van der Waals surface area contributed by atoms with Crippen molar-refractivity contribution in [1.29, 1.82) is 0 Å². The van der Waals surface area contributed by atoms with Gasteiger partial charge in [0.25, 0.3) is 10.0 Å². The van der Waals surface area contributed by atoms with Gasteiger partial charge in [0, 0.05) is 35.3 Å². The molecule has 8 nitrogen and oxygen atoms in total. The number of nitrogens with zero attached hydrogens (tertiary/aromatic N) is 1. The van der Waals surface area contributed by atoms with Crippen LogP contribution >= 0.6 is 11.6 Å². The molecule has 1 saturated heterocycles. The molecule has 196 valence electrons. The van der Waals surface area contributed by atoms with E-state index in [-0.39, 0.29) is 29.5 Å². The number of hydrogen-bond donors (Lipinski definition) is 2. The first-order chi connectivity index (χ1) is 17.5. The monoisotopic (exact) mass is 565 g/mol. The number of halogens is 2. The Morgan fingerprint density at radius 2 is 1.59 bits per heavy atom. The molecule has 3 aromatic rings. The lowest BCUT2D eigenvalue weighted by atomic mass is 9.97. The van der Waals surface area contributed by atoms with Crippen molar-refractivity contribution >= 4 is 48.9 Å². The Hall–Kier alpha value is -2.99. The number of sulfonamides is 2. The Morgan fingerprint density at radius 1 is 0.919 bits per heavy atom. The highest BCUT2D eigenvalue weighted by molar-refractivity contribution is 7.92. The first kappa shape index (κ1) is 27.1. The van der Waals surface area contributed by atoms with Crippen LogP contribution in [0.25, 0.3) is 0 Å². The molecule has 0 spiro atoms. The molecular weight excluding hydrogens is 541 g/mol. The van der Waals surface area contributed by atoms with E-state index in [4.69, 9.17) is 11.6 Å². The second kappa shape index (κ2) is 11.2. The van der Waals surface area contributed by atoms with Gasteiger partial charge in [-0.3, -0.25) is 9.52 Å². The molecule has 1 heterocycles. The molecule has 1 aliphatic heterocycles. The molecule has 0 aromatic heterocycles. The van der Waals surface area contributed by atoms with Gasteiger partial charge in [0.05, 0.1) is 16.3 Å². The second-order valence-electron chi connectivity index (χ2n) is 8.65. The summed E-state index contributed by atoms with van der Waals surface area (Å²) in [5, 5.41) is 3.15. The molecule has 0 saturated carbocycles. The smallest absolute Gasteiger partial charge is 0.261 e. The molecule has 1 fully saturated rings. The van der Waals surface area contributed by atoms with Gasteiger partial charge in [0.2, 0.25) is 15.9 Å². The summed E-state index contributed by atoms with van der Waals surface area (Å²) in [4.78, 5) is 12.8. The van der Waals surface area contributed by atoms with Gasteiger partial charge in [-0.25, -0.2) is 25.5 Å². The van der Waals surface area contributed by atoms with Crippen molar-refractivity contribution in [2.24, 2.45) is 5.92 Å². The summed E-state index contributed by atoms with van der Waals surface area (Å²) in [6, 6.07) is 17.8. The summed E-state index contributed by atoms with van der Waals surface area (Å²) in [6.07, 6.45) is 0.636. The van der Waals surface area contributed by atoms with Crippen LogP contribution in [-0.4, -0.2) is 40.1 Å². The molecular formula is C25H25ClFN3O5S2. The minimum Gasteiger partial charge on any atom is -0.326 e. The number of benzene rings is 3. The van der Waals surface area contributed by atoms with Crippen LogP contribution in [0.2, 0.25) is 5.02 Å². The summed E-state index contributed by atoms with van der Waals surface area (Å²) in [5.41, 5.74) is 0.851.